The van der Waals surface area contributed by atoms with Crippen molar-refractivity contribution in [2.45, 2.75) is 32.9 Å². The maximum atomic E-state index is 6.21. The fraction of sp³-hybridized carbons (Fsp3) is 0.357. The van der Waals surface area contributed by atoms with Crippen LogP contribution in [-0.2, 0) is 13.0 Å². The molecule has 2 aromatic rings. The van der Waals surface area contributed by atoms with E-state index >= 15 is 0 Å². The van der Waals surface area contributed by atoms with E-state index in [1.807, 2.05) is 17.1 Å². The fourth-order valence-corrected chi connectivity index (χ4v) is 1.94. The number of benzene rings is 1. The van der Waals surface area contributed by atoms with Crippen molar-refractivity contribution >= 4 is 0 Å². The van der Waals surface area contributed by atoms with Crippen LogP contribution in [0.15, 0.2) is 36.7 Å². The van der Waals surface area contributed by atoms with Crippen LogP contribution in [0, 0.1) is 6.92 Å². The van der Waals surface area contributed by atoms with Crippen LogP contribution < -0.4 is 5.73 Å². The molecule has 0 spiro atoms. The Labute approximate surface area is 102 Å². The topological polar surface area (TPSA) is 43.8 Å². The molecule has 90 valence electrons. The van der Waals surface area contributed by atoms with Crippen LogP contribution in [-0.4, -0.2) is 9.78 Å². The highest BCUT2D eigenvalue weighted by atomic mass is 15.3. The van der Waals surface area contributed by atoms with Gasteiger partial charge < -0.3 is 5.73 Å². The molecule has 3 nitrogen and oxygen atoms in total. The second-order valence-electron chi connectivity index (χ2n) is 4.37. The van der Waals surface area contributed by atoms with Crippen LogP contribution in [0.3, 0.4) is 0 Å². The average Bonchev–Trinajstić information content (AvgIpc) is 2.81. The summed E-state index contributed by atoms with van der Waals surface area (Å²) in [5.74, 6) is 0. The second-order valence-corrected chi connectivity index (χ2v) is 4.37. The monoisotopic (exact) mass is 229 g/mol. The molecule has 0 amide bonds. The molecule has 0 bridgehead atoms. The van der Waals surface area contributed by atoms with Crippen LogP contribution in [0.2, 0.25) is 0 Å². The van der Waals surface area contributed by atoms with Crippen LogP contribution in [0.1, 0.15) is 29.7 Å². The minimum absolute atomic E-state index is 0.0244. The summed E-state index contributed by atoms with van der Waals surface area (Å²) in [4.78, 5) is 0. The van der Waals surface area contributed by atoms with E-state index in [0.29, 0.717) is 0 Å². The third-order valence-corrected chi connectivity index (χ3v) is 3.11. The quantitative estimate of drug-likeness (QED) is 0.875. The highest BCUT2D eigenvalue weighted by Gasteiger charge is 2.10. The zero-order valence-corrected chi connectivity index (χ0v) is 10.4. The molecule has 1 heterocycles. The molecular formula is C14H19N3. The summed E-state index contributed by atoms with van der Waals surface area (Å²) in [5.41, 5.74) is 9.92. The molecule has 1 aromatic heterocycles. The fourth-order valence-electron chi connectivity index (χ4n) is 1.94. The predicted octanol–water partition coefficient (Wildman–Crippen LogP) is 2.45. The number of rotatable bonds is 4. The van der Waals surface area contributed by atoms with Gasteiger partial charge in [-0.1, -0.05) is 24.3 Å². The Hall–Kier alpha value is -1.61. The Balaban J connectivity index is 2.11. The van der Waals surface area contributed by atoms with Gasteiger partial charge in [0.1, 0.15) is 0 Å². The summed E-state index contributed by atoms with van der Waals surface area (Å²) < 4.78 is 1.91. The molecule has 1 unspecified atom stereocenters. The first-order valence-electron chi connectivity index (χ1n) is 6.03. The Morgan fingerprint density at radius 3 is 2.76 bits per heavy atom. The number of nitrogens with zero attached hydrogens (tertiary/aromatic N) is 2. The molecule has 1 atom stereocenters. The zero-order valence-electron chi connectivity index (χ0n) is 10.4. The van der Waals surface area contributed by atoms with Crippen molar-refractivity contribution in [1.82, 2.24) is 9.78 Å². The van der Waals surface area contributed by atoms with Gasteiger partial charge in [-0.2, -0.15) is 5.10 Å². The van der Waals surface area contributed by atoms with E-state index in [9.17, 15) is 0 Å². The Kier molecular flexibility index (Phi) is 3.59. The molecule has 0 radical (unpaired) electrons. The van der Waals surface area contributed by atoms with Gasteiger partial charge in [0.2, 0.25) is 0 Å². The van der Waals surface area contributed by atoms with E-state index in [1.54, 1.807) is 0 Å². The maximum absolute atomic E-state index is 6.21. The average molecular weight is 229 g/mol. The number of hydrogen-bond donors (Lipinski definition) is 1. The Bertz CT molecular complexity index is 488. The SMILES string of the molecule is CCn1cc(C(N)Cc2ccccc2C)cn1. The molecular weight excluding hydrogens is 210 g/mol. The lowest BCUT2D eigenvalue weighted by Gasteiger charge is -2.11. The summed E-state index contributed by atoms with van der Waals surface area (Å²) in [6.45, 7) is 5.08. The zero-order chi connectivity index (χ0) is 12.3. The summed E-state index contributed by atoms with van der Waals surface area (Å²) >= 11 is 0. The molecule has 0 fully saturated rings. The van der Waals surface area contributed by atoms with Gasteiger partial charge in [-0.15, -0.1) is 0 Å². The molecule has 0 aliphatic rings. The third kappa shape index (κ3) is 2.74. The highest BCUT2D eigenvalue weighted by Crippen LogP contribution is 2.17. The first-order chi connectivity index (χ1) is 8.20. The van der Waals surface area contributed by atoms with Crippen LogP contribution in [0.4, 0.5) is 0 Å². The minimum Gasteiger partial charge on any atom is -0.324 e. The van der Waals surface area contributed by atoms with Crippen molar-refractivity contribution in [3.8, 4) is 0 Å². The summed E-state index contributed by atoms with van der Waals surface area (Å²) in [6.07, 6.45) is 4.76. The summed E-state index contributed by atoms with van der Waals surface area (Å²) in [7, 11) is 0. The number of aryl methyl sites for hydroxylation is 2. The van der Waals surface area contributed by atoms with Crippen molar-refractivity contribution in [2.24, 2.45) is 5.73 Å². The van der Waals surface area contributed by atoms with Gasteiger partial charge in [0.05, 0.1) is 6.20 Å². The molecule has 0 saturated heterocycles. The molecule has 0 aliphatic carbocycles. The van der Waals surface area contributed by atoms with Crippen molar-refractivity contribution < 1.29 is 0 Å². The van der Waals surface area contributed by atoms with Gasteiger partial charge in [0, 0.05) is 24.3 Å². The van der Waals surface area contributed by atoms with Crippen molar-refractivity contribution in [1.29, 1.82) is 0 Å². The lowest BCUT2D eigenvalue weighted by molar-refractivity contribution is 0.655. The van der Waals surface area contributed by atoms with Crippen molar-refractivity contribution in [2.75, 3.05) is 0 Å². The van der Waals surface area contributed by atoms with Crippen molar-refractivity contribution in [3.63, 3.8) is 0 Å². The molecule has 1 aromatic carbocycles. The van der Waals surface area contributed by atoms with Crippen LogP contribution in [0.5, 0.6) is 0 Å². The number of nitrogens with two attached hydrogens (primary N) is 1. The Morgan fingerprint density at radius 1 is 1.35 bits per heavy atom. The molecule has 3 heteroatoms. The van der Waals surface area contributed by atoms with Gasteiger partial charge in [-0.25, -0.2) is 0 Å². The van der Waals surface area contributed by atoms with Crippen molar-refractivity contribution in [3.05, 3.63) is 53.3 Å². The number of aromatic nitrogens is 2. The molecule has 0 saturated carbocycles. The largest absolute Gasteiger partial charge is 0.324 e. The minimum atomic E-state index is 0.0244. The van der Waals surface area contributed by atoms with Crippen LogP contribution in [0.25, 0.3) is 0 Å². The standard InChI is InChI=1S/C14H19N3/c1-3-17-10-13(9-16-17)14(15)8-12-7-5-4-6-11(12)2/h4-7,9-10,14H,3,8,15H2,1-2H3. The Morgan fingerprint density at radius 2 is 2.12 bits per heavy atom. The molecule has 2 N–H and O–H groups in total. The van der Waals surface area contributed by atoms with E-state index in [0.717, 1.165) is 18.5 Å². The van der Waals surface area contributed by atoms with E-state index in [-0.39, 0.29) is 6.04 Å². The number of hydrogen-bond acceptors (Lipinski definition) is 2. The molecule has 2 rings (SSSR count). The lowest BCUT2D eigenvalue weighted by Crippen LogP contribution is -2.13. The summed E-state index contributed by atoms with van der Waals surface area (Å²) in [5, 5.41) is 4.26. The maximum Gasteiger partial charge on any atom is 0.0537 e. The normalized spacial score (nSPS) is 12.6. The van der Waals surface area contributed by atoms with Gasteiger partial charge >= 0.3 is 0 Å². The first-order valence-corrected chi connectivity index (χ1v) is 6.03. The van der Waals surface area contributed by atoms with Gasteiger partial charge in [0.15, 0.2) is 0 Å². The summed E-state index contributed by atoms with van der Waals surface area (Å²) in [6, 6.07) is 8.40. The van der Waals surface area contributed by atoms with E-state index in [4.69, 9.17) is 5.73 Å². The molecule has 17 heavy (non-hydrogen) atoms. The lowest BCUT2D eigenvalue weighted by atomic mass is 9.99. The van der Waals surface area contributed by atoms with Gasteiger partial charge in [0.25, 0.3) is 0 Å². The van der Waals surface area contributed by atoms with Gasteiger partial charge in [-0.3, -0.25) is 4.68 Å². The molecule has 0 aliphatic heterocycles. The van der Waals surface area contributed by atoms with E-state index in [2.05, 4.69) is 43.2 Å². The second kappa shape index (κ2) is 5.15. The third-order valence-electron chi connectivity index (χ3n) is 3.11. The van der Waals surface area contributed by atoms with E-state index in [1.165, 1.54) is 11.1 Å². The van der Waals surface area contributed by atoms with E-state index < -0.39 is 0 Å². The van der Waals surface area contributed by atoms with Crippen LogP contribution >= 0.6 is 0 Å². The highest BCUT2D eigenvalue weighted by molar-refractivity contribution is 5.27. The first kappa shape index (κ1) is 11.9. The van der Waals surface area contributed by atoms with Gasteiger partial charge in [-0.05, 0) is 31.4 Å². The predicted molar refractivity (Wildman–Crippen MR) is 69.7 cm³/mol. The smallest absolute Gasteiger partial charge is 0.0537 e.